The Bertz CT molecular complexity index is 484. The van der Waals surface area contributed by atoms with Crippen LogP contribution in [0.5, 0.6) is 0 Å². The van der Waals surface area contributed by atoms with Crippen LogP contribution in [-0.4, -0.2) is 8.42 Å². The van der Waals surface area contributed by atoms with Crippen molar-refractivity contribution in [1.82, 2.24) is 0 Å². The van der Waals surface area contributed by atoms with E-state index in [0.29, 0.717) is 6.07 Å². The van der Waals surface area contributed by atoms with Crippen molar-refractivity contribution in [2.75, 3.05) is 0 Å². The minimum atomic E-state index is -4.39. The number of sulfonamides is 1. The molecule has 3 nitrogen and oxygen atoms in total. The fourth-order valence-corrected chi connectivity index (χ4v) is 1.89. The molecule has 0 aliphatic carbocycles. The Labute approximate surface area is 78.4 Å². The highest BCUT2D eigenvalue weighted by Crippen LogP contribution is 2.22. The van der Waals surface area contributed by atoms with Gasteiger partial charge in [-0.25, -0.2) is 26.7 Å². The number of halogens is 3. The largest absolute Gasteiger partial charge is 0.241 e. The molecule has 0 amide bonds. The summed E-state index contributed by atoms with van der Waals surface area (Å²) in [6, 6.07) is 0.568. The van der Waals surface area contributed by atoms with Gasteiger partial charge >= 0.3 is 0 Å². The lowest BCUT2D eigenvalue weighted by molar-refractivity contribution is 0.430. The molecule has 0 aliphatic heterocycles. The van der Waals surface area contributed by atoms with Crippen molar-refractivity contribution in [1.29, 1.82) is 0 Å². The van der Waals surface area contributed by atoms with Gasteiger partial charge in [0.05, 0.1) is 0 Å². The summed E-state index contributed by atoms with van der Waals surface area (Å²) in [5.41, 5.74) is -0.274. The van der Waals surface area contributed by atoms with E-state index < -0.39 is 32.4 Å². The summed E-state index contributed by atoms with van der Waals surface area (Å²) in [4.78, 5) is -1.02. The lowest BCUT2D eigenvalue weighted by Crippen LogP contribution is -2.17. The maximum atomic E-state index is 12.9. The van der Waals surface area contributed by atoms with Crippen molar-refractivity contribution in [3.8, 4) is 0 Å². The van der Waals surface area contributed by atoms with Gasteiger partial charge in [-0.1, -0.05) is 0 Å². The SMILES string of the molecule is Cc1cc(F)c(F)c(F)c1S(N)(=O)=O. The summed E-state index contributed by atoms with van der Waals surface area (Å²) in [6.45, 7) is 1.12. The Balaban J connectivity index is 3.70. The van der Waals surface area contributed by atoms with Crippen molar-refractivity contribution in [2.24, 2.45) is 5.14 Å². The number of aryl methyl sites for hydroxylation is 1. The lowest BCUT2D eigenvalue weighted by atomic mass is 10.2. The van der Waals surface area contributed by atoms with Gasteiger partial charge < -0.3 is 0 Å². The zero-order valence-corrected chi connectivity index (χ0v) is 7.83. The summed E-state index contributed by atoms with van der Waals surface area (Å²) in [6.07, 6.45) is 0. The van der Waals surface area contributed by atoms with Crippen LogP contribution in [0.25, 0.3) is 0 Å². The molecule has 14 heavy (non-hydrogen) atoms. The topological polar surface area (TPSA) is 60.2 Å². The summed E-state index contributed by atoms with van der Waals surface area (Å²) >= 11 is 0. The summed E-state index contributed by atoms with van der Waals surface area (Å²) in [5, 5.41) is 4.62. The maximum absolute atomic E-state index is 12.9. The highest BCUT2D eigenvalue weighted by molar-refractivity contribution is 7.89. The van der Waals surface area contributed by atoms with E-state index in [2.05, 4.69) is 5.14 Å². The van der Waals surface area contributed by atoms with Crippen molar-refractivity contribution in [3.05, 3.63) is 29.1 Å². The molecule has 78 valence electrons. The molecule has 2 N–H and O–H groups in total. The Morgan fingerprint density at radius 1 is 1.21 bits per heavy atom. The number of benzene rings is 1. The number of primary sulfonamides is 1. The second-order valence-corrected chi connectivity index (χ2v) is 4.18. The van der Waals surface area contributed by atoms with Crippen molar-refractivity contribution in [2.45, 2.75) is 11.8 Å². The van der Waals surface area contributed by atoms with E-state index in [4.69, 9.17) is 0 Å². The van der Waals surface area contributed by atoms with Crippen LogP contribution in [0.4, 0.5) is 13.2 Å². The molecule has 0 saturated heterocycles. The van der Waals surface area contributed by atoms with Crippen LogP contribution in [0.2, 0.25) is 0 Å². The van der Waals surface area contributed by atoms with Crippen LogP contribution in [0.15, 0.2) is 11.0 Å². The third-order valence-electron chi connectivity index (χ3n) is 1.59. The third-order valence-corrected chi connectivity index (χ3v) is 2.66. The third kappa shape index (κ3) is 1.73. The first-order valence-electron chi connectivity index (χ1n) is 3.42. The molecule has 0 bridgehead atoms. The first-order valence-corrected chi connectivity index (χ1v) is 4.96. The molecule has 1 rings (SSSR count). The van der Waals surface area contributed by atoms with Crippen LogP contribution in [-0.2, 0) is 10.0 Å². The van der Waals surface area contributed by atoms with Gasteiger partial charge in [-0.2, -0.15) is 0 Å². The van der Waals surface area contributed by atoms with E-state index >= 15 is 0 Å². The fraction of sp³-hybridized carbons (Fsp3) is 0.143. The zero-order valence-electron chi connectivity index (χ0n) is 7.01. The summed E-state index contributed by atoms with van der Waals surface area (Å²) in [5.74, 6) is -5.09. The Morgan fingerprint density at radius 2 is 1.71 bits per heavy atom. The van der Waals surface area contributed by atoms with Gasteiger partial charge in [0.1, 0.15) is 4.90 Å². The van der Waals surface area contributed by atoms with Crippen LogP contribution < -0.4 is 5.14 Å². The zero-order chi connectivity index (χ0) is 11.1. The predicted molar refractivity (Wildman–Crippen MR) is 42.4 cm³/mol. The average molecular weight is 225 g/mol. The number of rotatable bonds is 1. The second kappa shape index (κ2) is 3.25. The van der Waals surface area contributed by atoms with Crippen molar-refractivity contribution < 1.29 is 21.6 Å². The average Bonchev–Trinajstić information content (AvgIpc) is 1.97. The van der Waals surface area contributed by atoms with E-state index in [1.165, 1.54) is 0 Å². The first-order chi connectivity index (χ1) is 6.25. The molecule has 7 heteroatoms. The molecular weight excluding hydrogens is 219 g/mol. The smallest absolute Gasteiger partial charge is 0.225 e. The highest BCUT2D eigenvalue weighted by Gasteiger charge is 2.23. The van der Waals surface area contributed by atoms with Crippen LogP contribution in [0, 0.1) is 24.4 Å². The van der Waals surface area contributed by atoms with Gasteiger partial charge in [-0.3, -0.25) is 0 Å². The standard InChI is InChI=1S/C7H6F3NO2S/c1-3-2-4(8)5(9)6(10)7(3)14(11,12)13/h2H,1H3,(H2,11,12,13). The molecule has 1 aromatic rings. The quantitative estimate of drug-likeness (QED) is 0.726. The minimum absolute atomic E-state index is 0.274. The fourth-order valence-electron chi connectivity index (χ4n) is 1.05. The molecular formula is C7H6F3NO2S. The Morgan fingerprint density at radius 3 is 2.14 bits per heavy atom. The number of nitrogens with two attached hydrogens (primary N) is 1. The molecule has 0 unspecified atom stereocenters. The number of hydrogen-bond acceptors (Lipinski definition) is 2. The van der Waals surface area contributed by atoms with Gasteiger partial charge in [-0.15, -0.1) is 0 Å². The molecule has 0 saturated carbocycles. The predicted octanol–water partition coefficient (Wildman–Crippen LogP) is 1.06. The van der Waals surface area contributed by atoms with E-state index in [-0.39, 0.29) is 5.56 Å². The molecule has 0 aliphatic rings. The van der Waals surface area contributed by atoms with Crippen molar-refractivity contribution >= 4 is 10.0 Å². The molecule has 1 aromatic carbocycles. The maximum Gasteiger partial charge on any atom is 0.241 e. The molecule has 0 atom stereocenters. The first kappa shape index (κ1) is 11.0. The summed E-state index contributed by atoms with van der Waals surface area (Å²) < 4.78 is 59.7. The van der Waals surface area contributed by atoms with E-state index in [9.17, 15) is 21.6 Å². The van der Waals surface area contributed by atoms with E-state index in [0.717, 1.165) is 6.92 Å². The van der Waals surface area contributed by atoms with Gasteiger partial charge in [0.15, 0.2) is 17.5 Å². The monoisotopic (exact) mass is 225 g/mol. The van der Waals surface area contributed by atoms with Gasteiger partial charge in [0.2, 0.25) is 10.0 Å². The molecule has 0 radical (unpaired) electrons. The van der Waals surface area contributed by atoms with Crippen LogP contribution in [0.1, 0.15) is 5.56 Å². The lowest BCUT2D eigenvalue weighted by Gasteiger charge is -2.05. The number of hydrogen-bond donors (Lipinski definition) is 1. The van der Waals surface area contributed by atoms with Gasteiger partial charge in [0.25, 0.3) is 0 Å². The van der Waals surface area contributed by atoms with Gasteiger partial charge in [-0.05, 0) is 18.6 Å². The molecule has 0 heterocycles. The van der Waals surface area contributed by atoms with E-state index in [1.54, 1.807) is 0 Å². The molecule has 0 aromatic heterocycles. The van der Waals surface area contributed by atoms with E-state index in [1.807, 2.05) is 0 Å². The normalized spacial score (nSPS) is 11.8. The minimum Gasteiger partial charge on any atom is -0.225 e. The highest BCUT2D eigenvalue weighted by atomic mass is 32.2. The molecule has 0 fully saturated rings. The van der Waals surface area contributed by atoms with Gasteiger partial charge in [0, 0.05) is 0 Å². The van der Waals surface area contributed by atoms with Crippen LogP contribution in [0.3, 0.4) is 0 Å². The molecule has 0 spiro atoms. The summed E-state index contributed by atoms with van der Waals surface area (Å²) in [7, 11) is -4.39. The van der Waals surface area contributed by atoms with Crippen LogP contribution >= 0.6 is 0 Å². The van der Waals surface area contributed by atoms with Crippen molar-refractivity contribution in [3.63, 3.8) is 0 Å². The Kier molecular flexibility index (Phi) is 2.55. The Hall–Kier alpha value is -1.08. The second-order valence-electron chi connectivity index (χ2n) is 2.68.